The molecule has 0 spiro atoms. The van der Waals surface area contributed by atoms with Crippen molar-refractivity contribution in [2.45, 2.75) is 11.4 Å². The van der Waals surface area contributed by atoms with Gasteiger partial charge in [-0.25, -0.2) is 4.98 Å². The molecule has 0 unspecified atom stereocenters. The second-order valence-electron chi connectivity index (χ2n) is 5.48. The molecule has 0 aliphatic carbocycles. The van der Waals surface area contributed by atoms with Gasteiger partial charge in [-0.3, -0.25) is 4.68 Å². The van der Waals surface area contributed by atoms with Gasteiger partial charge in [0.15, 0.2) is 5.13 Å². The smallest absolute Gasteiger partial charge is 0.181 e. The number of thioether (sulfide) groups is 1. The summed E-state index contributed by atoms with van der Waals surface area (Å²) in [4.78, 5) is 5.79. The molecule has 4 rings (SSSR count). The van der Waals surface area contributed by atoms with Gasteiger partial charge in [0, 0.05) is 22.9 Å². The van der Waals surface area contributed by atoms with Crippen molar-refractivity contribution in [3.63, 3.8) is 0 Å². The molecule has 0 amide bonds. The maximum Gasteiger partial charge on any atom is 0.181 e. The van der Waals surface area contributed by atoms with Crippen LogP contribution in [0.1, 0.15) is 5.56 Å². The molecule has 4 nitrogen and oxygen atoms in total. The molecular formula is C18H16N4S2. The lowest BCUT2D eigenvalue weighted by Gasteiger charge is -2.09. The predicted octanol–water partition coefficient (Wildman–Crippen LogP) is 4.51. The number of nitrogens with two attached hydrogens (primary N) is 1. The number of hydrogen-bond donors (Lipinski definition) is 1. The number of nitrogen functional groups attached to an aromatic ring is 1. The minimum atomic E-state index is 0.600. The van der Waals surface area contributed by atoms with E-state index < -0.39 is 0 Å². The zero-order valence-electron chi connectivity index (χ0n) is 13.1. The van der Waals surface area contributed by atoms with Crippen LogP contribution >= 0.6 is 23.1 Å². The summed E-state index contributed by atoms with van der Waals surface area (Å²) in [5.41, 5.74) is 10.4. The first-order valence-corrected chi connectivity index (χ1v) is 9.58. The Labute approximate surface area is 148 Å². The summed E-state index contributed by atoms with van der Waals surface area (Å²) < 4.78 is 3.04. The second-order valence-corrected chi connectivity index (χ2v) is 7.42. The Kier molecular flexibility index (Phi) is 4.00. The van der Waals surface area contributed by atoms with Crippen LogP contribution in [0.3, 0.4) is 0 Å². The van der Waals surface area contributed by atoms with E-state index in [-0.39, 0.29) is 0 Å². The molecule has 2 aromatic carbocycles. The minimum absolute atomic E-state index is 0.600. The Bertz CT molecular complexity index is 990. The quantitative estimate of drug-likeness (QED) is 0.549. The predicted molar refractivity (Wildman–Crippen MR) is 103 cm³/mol. The number of benzene rings is 2. The van der Waals surface area contributed by atoms with E-state index in [0.717, 1.165) is 22.3 Å². The molecule has 0 aliphatic heterocycles. The third-order valence-corrected chi connectivity index (χ3v) is 5.41. The van der Waals surface area contributed by atoms with Crippen molar-refractivity contribution in [2.24, 2.45) is 0 Å². The van der Waals surface area contributed by atoms with E-state index in [1.54, 1.807) is 18.0 Å². The van der Waals surface area contributed by atoms with Gasteiger partial charge < -0.3 is 5.73 Å². The Morgan fingerprint density at radius 2 is 2.12 bits per heavy atom. The molecule has 0 saturated heterocycles. The van der Waals surface area contributed by atoms with E-state index in [4.69, 9.17) is 5.73 Å². The van der Waals surface area contributed by atoms with Gasteiger partial charge in [-0.15, -0.1) is 11.8 Å². The Morgan fingerprint density at radius 3 is 2.92 bits per heavy atom. The molecule has 2 aromatic heterocycles. The first kappa shape index (κ1) is 15.2. The molecule has 0 radical (unpaired) electrons. The van der Waals surface area contributed by atoms with E-state index >= 15 is 0 Å². The molecule has 4 aromatic rings. The van der Waals surface area contributed by atoms with Crippen LogP contribution < -0.4 is 5.73 Å². The van der Waals surface area contributed by atoms with Crippen molar-refractivity contribution in [3.05, 3.63) is 60.4 Å². The zero-order valence-corrected chi connectivity index (χ0v) is 14.8. The largest absolute Gasteiger partial charge is 0.375 e. The highest BCUT2D eigenvalue weighted by Crippen LogP contribution is 2.35. The average Bonchev–Trinajstić information content (AvgIpc) is 3.22. The lowest BCUT2D eigenvalue weighted by atomic mass is 10.0. The fourth-order valence-electron chi connectivity index (χ4n) is 2.79. The highest BCUT2D eigenvalue weighted by Gasteiger charge is 2.12. The molecule has 2 heterocycles. The lowest BCUT2D eigenvalue weighted by molar-refractivity contribution is 0.687. The molecule has 6 heteroatoms. The van der Waals surface area contributed by atoms with E-state index in [1.807, 2.05) is 16.9 Å². The maximum absolute atomic E-state index is 5.97. The average molecular weight is 352 g/mol. The van der Waals surface area contributed by atoms with E-state index in [2.05, 4.69) is 52.7 Å². The third kappa shape index (κ3) is 2.90. The van der Waals surface area contributed by atoms with E-state index in [1.165, 1.54) is 27.4 Å². The van der Waals surface area contributed by atoms with Crippen LogP contribution in [0.4, 0.5) is 5.13 Å². The molecule has 0 saturated carbocycles. The van der Waals surface area contributed by atoms with Gasteiger partial charge >= 0.3 is 0 Å². The summed E-state index contributed by atoms with van der Waals surface area (Å²) in [5, 5.41) is 4.90. The van der Waals surface area contributed by atoms with Gasteiger partial charge in [0.25, 0.3) is 0 Å². The van der Waals surface area contributed by atoms with Crippen molar-refractivity contribution in [3.8, 4) is 11.1 Å². The first-order chi connectivity index (χ1) is 11.7. The Hall–Kier alpha value is -2.31. The van der Waals surface area contributed by atoms with Gasteiger partial charge in [0.2, 0.25) is 0 Å². The number of aromatic nitrogens is 3. The van der Waals surface area contributed by atoms with Gasteiger partial charge in [-0.1, -0.05) is 23.5 Å². The van der Waals surface area contributed by atoms with Crippen LogP contribution in [0.25, 0.3) is 21.3 Å². The second kappa shape index (κ2) is 6.30. The third-order valence-electron chi connectivity index (χ3n) is 3.86. The summed E-state index contributed by atoms with van der Waals surface area (Å²) in [5.74, 6) is 0. The van der Waals surface area contributed by atoms with Crippen LogP contribution in [-0.2, 0) is 6.54 Å². The standard InChI is InChI=1S/C18H16N4S2/c1-23-14-5-2-4-13(10-14)15-8-12(11-22-7-3-6-20-22)9-16-17(15)21-18(19)24-16/h2-10H,11H2,1H3,(H2,19,21). The number of anilines is 1. The van der Waals surface area contributed by atoms with Gasteiger partial charge in [0.05, 0.1) is 16.8 Å². The van der Waals surface area contributed by atoms with E-state index in [0.29, 0.717) is 5.13 Å². The molecule has 0 atom stereocenters. The molecule has 120 valence electrons. The monoisotopic (exact) mass is 352 g/mol. The van der Waals surface area contributed by atoms with Crippen molar-refractivity contribution in [1.29, 1.82) is 0 Å². The van der Waals surface area contributed by atoms with Gasteiger partial charge in [-0.05, 0) is 47.7 Å². The van der Waals surface area contributed by atoms with Crippen molar-refractivity contribution in [1.82, 2.24) is 14.8 Å². The van der Waals surface area contributed by atoms with Crippen LogP contribution in [0, 0.1) is 0 Å². The molecular weight excluding hydrogens is 336 g/mol. The fraction of sp³-hybridized carbons (Fsp3) is 0.111. The van der Waals surface area contributed by atoms with E-state index in [9.17, 15) is 0 Å². The SMILES string of the molecule is CSc1cccc(-c2cc(Cn3cccn3)cc3sc(N)nc23)c1. The Balaban J connectivity index is 1.88. The number of fused-ring (bicyclic) bond motifs is 1. The Morgan fingerprint density at radius 1 is 1.21 bits per heavy atom. The van der Waals surface area contributed by atoms with Gasteiger partial charge in [0.1, 0.15) is 0 Å². The highest BCUT2D eigenvalue weighted by molar-refractivity contribution is 7.98. The molecule has 0 fully saturated rings. The van der Waals surface area contributed by atoms with Crippen LogP contribution in [0.15, 0.2) is 59.8 Å². The number of hydrogen-bond acceptors (Lipinski definition) is 5. The van der Waals surface area contributed by atoms with Crippen molar-refractivity contribution in [2.75, 3.05) is 12.0 Å². The minimum Gasteiger partial charge on any atom is -0.375 e. The van der Waals surface area contributed by atoms with Crippen LogP contribution in [-0.4, -0.2) is 21.0 Å². The normalized spacial score (nSPS) is 11.2. The first-order valence-electron chi connectivity index (χ1n) is 7.54. The summed E-state index contributed by atoms with van der Waals surface area (Å²) in [6.45, 7) is 0.732. The molecule has 0 bridgehead atoms. The van der Waals surface area contributed by atoms with Crippen molar-refractivity contribution >= 4 is 38.4 Å². The van der Waals surface area contributed by atoms with Crippen LogP contribution in [0.5, 0.6) is 0 Å². The fourth-order valence-corrected chi connectivity index (χ4v) is 4.07. The molecule has 24 heavy (non-hydrogen) atoms. The maximum atomic E-state index is 5.97. The topological polar surface area (TPSA) is 56.7 Å². The van der Waals surface area contributed by atoms with Gasteiger partial charge in [-0.2, -0.15) is 5.10 Å². The summed E-state index contributed by atoms with van der Waals surface area (Å²) >= 11 is 3.27. The number of nitrogens with zero attached hydrogens (tertiary/aromatic N) is 3. The molecule has 0 aliphatic rings. The zero-order chi connectivity index (χ0) is 16.5. The van der Waals surface area contributed by atoms with Crippen LogP contribution in [0.2, 0.25) is 0 Å². The molecule has 2 N–H and O–H groups in total. The lowest BCUT2D eigenvalue weighted by Crippen LogP contribution is -2.00. The summed E-state index contributed by atoms with van der Waals surface area (Å²) in [6.07, 6.45) is 5.86. The van der Waals surface area contributed by atoms with Crippen molar-refractivity contribution < 1.29 is 0 Å². The highest BCUT2D eigenvalue weighted by atomic mass is 32.2. The number of thiazole rings is 1. The number of rotatable bonds is 4. The summed E-state index contributed by atoms with van der Waals surface area (Å²) in [7, 11) is 0. The summed E-state index contributed by atoms with van der Waals surface area (Å²) in [6, 6.07) is 14.8.